The number of hydrogen-bond acceptors (Lipinski definition) is 4. The van der Waals surface area contributed by atoms with Crippen LogP contribution in [0.3, 0.4) is 0 Å². The van der Waals surface area contributed by atoms with Gasteiger partial charge in [-0.05, 0) is 26.1 Å². The molecule has 0 aliphatic rings. The predicted molar refractivity (Wildman–Crippen MR) is 78.1 cm³/mol. The van der Waals surface area contributed by atoms with Crippen LogP contribution in [-0.4, -0.2) is 16.9 Å². The molecular formula is C14H13ClFN3S. The van der Waals surface area contributed by atoms with Gasteiger partial charge in [0.05, 0.1) is 12.6 Å². The summed E-state index contributed by atoms with van der Waals surface area (Å²) in [4.78, 5) is 6.09. The molecule has 2 aromatic rings. The van der Waals surface area contributed by atoms with Gasteiger partial charge in [-0.2, -0.15) is 5.26 Å². The molecule has 0 aliphatic heterocycles. The van der Waals surface area contributed by atoms with Crippen molar-refractivity contribution in [1.29, 1.82) is 5.26 Å². The Morgan fingerprint density at radius 2 is 2.30 bits per heavy atom. The molecule has 20 heavy (non-hydrogen) atoms. The third-order valence-corrected chi connectivity index (χ3v) is 4.17. The standard InChI is InChI=1S/C14H13ClFN3S/c1-9-8-20-13(18-9)7-19(2)12(6-17)14-10(15)4-3-5-11(14)16/h3-5,8,12H,7H2,1-2H3/t12-/m1/s1. The van der Waals surface area contributed by atoms with Gasteiger partial charge in [0.15, 0.2) is 0 Å². The average molecular weight is 310 g/mol. The van der Waals surface area contributed by atoms with E-state index in [-0.39, 0.29) is 10.6 Å². The van der Waals surface area contributed by atoms with Crippen LogP contribution < -0.4 is 0 Å². The minimum atomic E-state index is -0.743. The molecule has 0 radical (unpaired) electrons. The summed E-state index contributed by atoms with van der Waals surface area (Å²) in [7, 11) is 1.76. The van der Waals surface area contributed by atoms with Crippen molar-refractivity contribution < 1.29 is 4.39 Å². The first-order valence-electron chi connectivity index (χ1n) is 5.97. The number of hydrogen-bond donors (Lipinski definition) is 0. The van der Waals surface area contributed by atoms with E-state index in [1.54, 1.807) is 18.0 Å². The van der Waals surface area contributed by atoms with Crippen molar-refractivity contribution >= 4 is 22.9 Å². The monoisotopic (exact) mass is 309 g/mol. The van der Waals surface area contributed by atoms with Crippen LogP contribution in [0.5, 0.6) is 0 Å². The van der Waals surface area contributed by atoms with Gasteiger partial charge in [-0.15, -0.1) is 11.3 Å². The maximum absolute atomic E-state index is 13.9. The lowest BCUT2D eigenvalue weighted by Crippen LogP contribution is -2.24. The minimum absolute atomic E-state index is 0.215. The lowest BCUT2D eigenvalue weighted by Gasteiger charge is -2.22. The van der Waals surface area contributed by atoms with Crippen molar-refractivity contribution in [2.75, 3.05) is 7.05 Å². The summed E-state index contributed by atoms with van der Waals surface area (Å²) in [5, 5.41) is 12.4. The summed E-state index contributed by atoms with van der Waals surface area (Å²) in [6.07, 6.45) is 0. The second kappa shape index (κ2) is 6.31. The zero-order valence-electron chi connectivity index (χ0n) is 11.1. The number of halogens is 2. The Balaban J connectivity index is 2.26. The Hall–Kier alpha value is -1.48. The molecule has 0 fully saturated rings. The summed E-state index contributed by atoms with van der Waals surface area (Å²) in [6, 6.07) is 5.79. The lowest BCUT2D eigenvalue weighted by atomic mass is 10.1. The molecule has 0 unspecified atom stereocenters. The summed E-state index contributed by atoms with van der Waals surface area (Å²) in [6.45, 7) is 2.39. The number of thiazole rings is 1. The van der Waals surface area contributed by atoms with Crippen LogP contribution in [0.25, 0.3) is 0 Å². The molecule has 1 atom stereocenters. The fraction of sp³-hybridized carbons (Fsp3) is 0.286. The number of aromatic nitrogens is 1. The predicted octanol–water partition coefficient (Wildman–Crippen LogP) is 3.94. The topological polar surface area (TPSA) is 39.9 Å². The van der Waals surface area contributed by atoms with Crippen molar-refractivity contribution in [3.05, 3.63) is 50.7 Å². The van der Waals surface area contributed by atoms with Crippen molar-refractivity contribution in [2.45, 2.75) is 19.5 Å². The summed E-state index contributed by atoms with van der Waals surface area (Å²) in [5.41, 5.74) is 1.16. The highest BCUT2D eigenvalue weighted by molar-refractivity contribution is 7.09. The van der Waals surface area contributed by atoms with E-state index < -0.39 is 11.9 Å². The summed E-state index contributed by atoms with van der Waals surface area (Å²) >= 11 is 7.54. The van der Waals surface area contributed by atoms with Crippen LogP contribution in [0.2, 0.25) is 5.02 Å². The number of benzene rings is 1. The van der Waals surface area contributed by atoms with E-state index in [1.807, 2.05) is 12.3 Å². The highest BCUT2D eigenvalue weighted by atomic mass is 35.5. The van der Waals surface area contributed by atoms with E-state index in [0.29, 0.717) is 6.54 Å². The van der Waals surface area contributed by atoms with Crippen LogP contribution >= 0.6 is 22.9 Å². The number of nitrogens with zero attached hydrogens (tertiary/aromatic N) is 3. The Morgan fingerprint density at radius 3 is 2.85 bits per heavy atom. The maximum atomic E-state index is 13.9. The first-order valence-corrected chi connectivity index (χ1v) is 7.23. The first kappa shape index (κ1) is 14.9. The van der Waals surface area contributed by atoms with Gasteiger partial charge in [-0.1, -0.05) is 17.7 Å². The molecule has 0 amide bonds. The van der Waals surface area contributed by atoms with E-state index in [0.717, 1.165) is 10.7 Å². The zero-order valence-corrected chi connectivity index (χ0v) is 12.7. The van der Waals surface area contributed by atoms with E-state index in [9.17, 15) is 9.65 Å². The first-order chi connectivity index (χ1) is 9.52. The van der Waals surface area contributed by atoms with Crippen molar-refractivity contribution in [2.24, 2.45) is 0 Å². The summed E-state index contributed by atoms with van der Waals surface area (Å²) in [5.74, 6) is -0.466. The summed E-state index contributed by atoms with van der Waals surface area (Å²) < 4.78 is 13.9. The molecule has 1 heterocycles. The molecule has 104 valence electrons. The maximum Gasteiger partial charge on any atom is 0.130 e. The van der Waals surface area contributed by atoms with Gasteiger partial charge in [0.1, 0.15) is 16.9 Å². The molecule has 0 N–H and O–H groups in total. The molecule has 0 spiro atoms. The molecule has 1 aromatic carbocycles. The quantitative estimate of drug-likeness (QED) is 0.859. The van der Waals surface area contributed by atoms with Crippen LogP contribution in [0.1, 0.15) is 22.3 Å². The van der Waals surface area contributed by atoms with Gasteiger partial charge in [0.2, 0.25) is 0 Å². The molecular weight excluding hydrogens is 297 g/mol. The van der Waals surface area contributed by atoms with Crippen molar-refractivity contribution in [1.82, 2.24) is 9.88 Å². The molecule has 0 saturated heterocycles. The van der Waals surface area contributed by atoms with Crippen molar-refractivity contribution in [3.8, 4) is 6.07 Å². The largest absolute Gasteiger partial charge is 0.281 e. The highest BCUT2D eigenvalue weighted by Crippen LogP contribution is 2.30. The van der Waals surface area contributed by atoms with Gasteiger partial charge in [-0.3, -0.25) is 4.90 Å². The third kappa shape index (κ3) is 3.15. The second-order valence-corrected chi connectivity index (χ2v) is 5.81. The van der Waals surface area contributed by atoms with Gasteiger partial charge < -0.3 is 0 Å². The van der Waals surface area contributed by atoms with Crippen LogP contribution in [0.4, 0.5) is 4.39 Å². The van der Waals surface area contributed by atoms with Crippen LogP contribution in [-0.2, 0) is 6.54 Å². The van der Waals surface area contributed by atoms with Gasteiger partial charge in [0, 0.05) is 21.7 Å². The van der Waals surface area contributed by atoms with Crippen LogP contribution in [0.15, 0.2) is 23.6 Å². The van der Waals surface area contributed by atoms with Gasteiger partial charge >= 0.3 is 0 Å². The van der Waals surface area contributed by atoms with Crippen LogP contribution in [0, 0.1) is 24.1 Å². The van der Waals surface area contributed by atoms with Gasteiger partial charge in [-0.25, -0.2) is 9.37 Å². The van der Waals surface area contributed by atoms with E-state index in [2.05, 4.69) is 11.1 Å². The molecule has 3 nitrogen and oxygen atoms in total. The van der Waals surface area contributed by atoms with E-state index >= 15 is 0 Å². The second-order valence-electron chi connectivity index (χ2n) is 4.46. The number of aryl methyl sites for hydroxylation is 1. The Bertz CT molecular complexity index is 630. The van der Waals surface area contributed by atoms with Gasteiger partial charge in [0.25, 0.3) is 0 Å². The Labute approximate surface area is 126 Å². The molecule has 1 aromatic heterocycles. The number of nitriles is 1. The fourth-order valence-electron chi connectivity index (χ4n) is 1.94. The lowest BCUT2D eigenvalue weighted by molar-refractivity contribution is 0.277. The zero-order chi connectivity index (χ0) is 14.7. The highest BCUT2D eigenvalue weighted by Gasteiger charge is 2.23. The fourth-order valence-corrected chi connectivity index (χ4v) is 3.04. The molecule has 0 bridgehead atoms. The molecule has 6 heteroatoms. The normalized spacial score (nSPS) is 12.4. The Morgan fingerprint density at radius 1 is 1.55 bits per heavy atom. The van der Waals surface area contributed by atoms with Crippen molar-refractivity contribution in [3.63, 3.8) is 0 Å². The average Bonchev–Trinajstić information content (AvgIpc) is 2.79. The molecule has 2 rings (SSSR count). The third-order valence-electron chi connectivity index (χ3n) is 2.89. The van der Waals surface area contributed by atoms with E-state index in [4.69, 9.17) is 11.6 Å². The molecule has 0 aliphatic carbocycles. The van der Waals surface area contributed by atoms with E-state index in [1.165, 1.54) is 23.5 Å². The SMILES string of the molecule is Cc1csc(CN(C)[C@H](C#N)c2c(F)cccc2Cl)n1. The molecule has 0 saturated carbocycles. The minimum Gasteiger partial charge on any atom is -0.281 e. The number of rotatable bonds is 4. The Kier molecular flexibility index (Phi) is 4.71. The smallest absolute Gasteiger partial charge is 0.130 e.